The molecule has 0 saturated heterocycles. The predicted molar refractivity (Wildman–Crippen MR) is 176 cm³/mol. The highest BCUT2D eigenvalue weighted by atomic mass is 15.2. The number of aromatic nitrogens is 1. The van der Waals surface area contributed by atoms with Crippen molar-refractivity contribution in [1.29, 1.82) is 0 Å². The van der Waals surface area contributed by atoms with Crippen LogP contribution in [0.4, 0.5) is 11.4 Å². The third-order valence-electron chi connectivity index (χ3n) is 9.10. The summed E-state index contributed by atoms with van der Waals surface area (Å²) in [5, 5.41) is 3.85. The van der Waals surface area contributed by atoms with E-state index in [1.165, 1.54) is 66.7 Å². The molecule has 1 aromatic heterocycles. The fourth-order valence-corrected chi connectivity index (χ4v) is 7.33. The molecular weight excluding hydrogens is 508 g/mol. The van der Waals surface area contributed by atoms with E-state index in [2.05, 4.69) is 167 Å². The Morgan fingerprint density at radius 2 is 1.21 bits per heavy atom. The zero-order valence-corrected chi connectivity index (χ0v) is 23.1. The molecule has 0 saturated carbocycles. The first-order valence-corrected chi connectivity index (χ1v) is 14.7. The highest BCUT2D eigenvalue weighted by molar-refractivity contribution is 5.98. The second-order valence-corrected chi connectivity index (χ2v) is 11.3. The number of para-hydroxylation sites is 3. The van der Waals surface area contributed by atoms with Crippen LogP contribution in [0.5, 0.6) is 0 Å². The summed E-state index contributed by atoms with van der Waals surface area (Å²) in [4.78, 5) is 2.59. The summed E-state index contributed by atoms with van der Waals surface area (Å²) in [5.41, 5.74) is 11.5. The molecule has 42 heavy (non-hydrogen) atoms. The largest absolute Gasteiger partial charge is 0.331 e. The molecule has 2 heterocycles. The second kappa shape index (κ2) is 9.09. The molecule has 0 N–H and O–H groups in total. The summed E-state index contributed by atoms with van der Waals surface area (Å²) in [6.07, 6.45) is 4.83. The highest BCUT2D eigenvalue weighted by Gasteiger charge is 2.44. The van der Waals surface area contributed by atoms with E-state index in [4.69, 9.17) is 0 Å². The minimum Gasteiger partial charge on any atom is -0.331 e. The number of rotatable bonds is 3. The maximum atomic E-state index is 2.59. The minimum absolute atomic E-state index is 0.107. The van der Waals surface area contributed by atoms with Crippen molar-refractivity contribution < 1.29 is 0 Å². The minimum atomic E-state index is 0.107. The first-order chi connectivity index (χ1) is 20.9. The average Bonchev–Trinajstić information content (AvgIpc) is 3.57. The van der Waals surface area contributed by atoms with Crippen LogP contribution in [0.3, 0.4) is 0 Å². The molecule has 2 nitrogen and oxygen atoms in total. The summed E-state index contributed by atoms with van der Waals surface area (Å²) in [7, 11) is 0. The number of benzene rings is 6. The van der Waals surface area contributed by atoms with E-state index in [1.807, 2.05) is 0 Å². The Bertz CT molecular complexity index is 2150. The van der Waals surface area contributed by atoms with Crippen molar-refractivity contribution in [3.63, 3.8) is 0 Å². The van der Waals surface area contributed by atoms with Gasteiger partial charge in [-0.25, -0.2) is 0 Å². The standard InChI is InChI=1S/C40H28N2/c1-3-13-27(14-4-1)31-19-9-11-21-36(31)42-37-22-12-10-20-32(37)33-23-24-34-35-25-28-15-7-8-16-29(28)26-38(35)41(39(34)40(33)42)30-17-5-2-6-18-30/h1-26,34,39H. The third-order valence-corrected chi connectivity index (χ3v) is 9.10. The molecule has 1 aliphatic heterocycles. The molecule has 0 amide bonds. The molecule has 0 radical (unpaired) electrons. The van der Waals surface area contributed by atoms with Gasteiger partial charge in [-0.1, -0.05) is 121 Å². The molecule has 2 atom stereocenters. The first-order valence-electron chi connectivity index (χ1n) is 14.7. The Hall–Kier alpha value is -5.34. The molecule has 7 aromatic rings. The van der Waals surface area contributed by atoms with E-state index in [0.717, 1.165) is 0 Å². The van der Waals surface area contributed by atoms with Crippen LogP contribution >= 0.6 is 0 Å². The molecule has 0 bridgehead atoms. The van der Waals surface area contributed by atoms with Crippen molar-refractivity contribution in [2.24, 2.45) is 0 Å². The van der Waals surface area contributed by atoms with Crippen molar-refractivity contribution in [2.45, 2.75) is 12.0 Å². The Kier molecular flexibility index (Phi) is 5.06. The van der Waals surface area contributed by atoms with Crippen molar-refractivity contribution in [3.8, 4) is 16.8 Å². The van der Waals surface area contributed by atoms with Crippen LogP contribution in [0, 0.1) is 0 Å². The fourth-order valence-electron chi connectivity index (χ4n) is 7.33. The summed E-state index contributed by atoms with van der Waals surface area (Å²) in [6.45, 7) is 0. The van der Waals surface area contributed by atoms with E-state index in [1.54, 1.807) is 0 Å². The van der Waals surface area contributed by atoms with Crippen molar-refractivity contribution in [3.05, 3.63) is 168 Å². The van der Waals surface area contributed by atoms with Gasteiger partial charge in [-0.05, 0) is 58.3 Å². The number of nitrogens with zero attached hydrogens (tertiary/aromatic N) is 2. The molecule has 6 aromatic carbocycles. The lowest BCUT2D eigenvalue weighted by molar-refractivity contribution is 0.637. The van der Waals surface area contributed by atoms with Crippen LogP contribution in [0.15, 0.2) is 152 Å². The molecule has 0 fully saturated rings. The van der Waals surface area contributed by atoms with Gasteiger partial charge in [-0.3, -0.25) is 0 Å². The van der Waals surface area contributed by atoms with E-state index in [0.29, 0.717) is 0 Å². The van der Waals surface area contributed by atoms with Gasteiger partial charge in [-0.15, -0.1) is 0 Å². The molecule has 0 spiro atoms. The molecular formula is C40H28N2. The van der Waals surface area contributed by atoms with Crippen LogP contribution in [0.1, 0.15) is 28.8 Å². The van der Waals surface area contributed by atoms with Crippen LogP contribution in [0.25, 0.3) is 44.6 Å². The Balaban J connectivity index is 1.37. The maximum absolute atomic E-state index is 2.59. The van der Waals surface area contributed by atoms with Crippen molar-refractivity contribution >= 4 is 39.1 Å². The summed E-state index contributed by atoms with van der Waals surface area (Å²) in [5.74, 6) is 0.226. The van der Waals surface area contributed by atoms with Gasteiger partial charge in [0, 0.05) is 33.8 Å². The summed E-state index contributed by atoms with van der Waals surface area (Å²) >= 11 is 0. The van der Waals surface area contributed by atoms with Gasteiger partial charge in [0.15, 0.2) is 0 Å². The van der Waals surface area contributed by atoms with Gasteiger partial charge in [0.1, 0.15) is 0 Å². The van der Waals surface area contributed by atoms with E-state index >= 15 is 0 Å². The maximum Gasteiger partial charge on any atom is 0.0856 e. The molecule has 2 heteroatoms. The van der Waals surface area contributed by atoms with Gasteiger partial charge in [-0.2, -0.15) is 0 Å². The predicted octanol–water partition coefficient (Wildman–Crippen LogP) is 10.5. The average molecular weight is 537 g/mol. The van der Waals surface area contributed by atoms with Gasteiger partial charge in [0.2, 0.25) is 0 Å². The Labute approximate surface area is 245 Å². The number of hydrogen-bond donors (Lipinski definition) is 0. The number of anilines is 2. The third kappa shape index (κ3) is 3.33. The van der Waals surface area contributed by atoms with E-state index < -0.39 is 0 Å². The summed E-state index contributed by atoms with van der Waals surface area (Å²) < 4.78 is 2.55. The Morgan fingerprint density at radius 1 is 0.548 bits per heavy atom. The Morgan fingerprint density at radius 3 is 2.05 bits per heavy atom. The number of hydrogen-bond acceptors (Lipinski definition) is 1. The SMILES string of the molecule is C1=CC2c3cc4ccccc4cc3N(c3ccccc3)C2c2c1c1ccccc1n2-c1ccccc1-c1ccccc1. The topological polar surface area (TPSA) is 8.17 Å². The van der Waals surface area contributed by atoms with Gasteiger partial charge in [0.05, 0.1) is 22.9 Å². The van der Waals surface area contributed by atoms with Crippen molar-refractivity contribution in [1.82, 2.24) is 4.57 Å². The molecule has 1 aliphatic carbocycles. The zero-order valence-electron chi connectivity index (χ0n) is 23.1. The van der Waals surface area contributed by atoms with Crippen LogP contribution in [-0.2, 0) is 0 Å². The fraction of sp³-hybridized carbons (Fsp3) is 0.0500. The molecule has 2 aliphatic rings. The van der Waals surface area contributed by atoms with Crippen LogP contribution < -0.4 is 4.90 Å². The molecule has 9 rings (SSSR count). The zero-order chi connectivity index (χ0) is 27.6. The van der Waals surface area contributed by atoms with Crippen molar-refractivity contribution in [2.75, 3.05) is 4.90 Å². The lowest BCUT2D eigenvalue weighted by atomic mass is 9.85. The molecule has 2 unspecified atom stereocenters. The van der Waals surface area contributed by atoms with Gasteiger partial charge >= 0.3 is 0 Å². The van der Waals surface area contributed by atoms with Gasteiger partial charge < -0.3 is 9.47 Å². The summed E-state index contributed by atoms with van der Waals surface area (Å²) in [6, 6.07) is 53.1. The first kappa shape index (κ1) is 23.4. The smallest absolute Gasteiger partial charge is 0.0856 e. The van der Waals surface area contributed by atoms with Crippen LogP contribution in [0.2, 0.25) is 0 Å². The van der Waals surface area contributed by atoms with Crippen LogP contribution in [-0.4, -0.2) is 4.57 Å². The normalized spacial score (nSPS) is 16.9. The monoisotopic (exact) mass is 536 g/mol. The van der Waals surface area contributed by atoms with Gasteiger partial charge in [0.25, 0.3) is 0 Å². The lowest BCUT2D eigenvalue weighted by Crippen LogP contribution is -2.26. The quantitative estimate of drug-likeness (QED) is 0.218. The highest BCUT2D eigenvalue weighted by Crippen LogP contribution is 2.58. The van der Waals surface area contributed by atoms with E-state index in [9.17, 15) is 0 Å². The van der Waals surface area contributed by atoms with E-state index in [-0.39, 0.29) is 12.0 Å². The number of fused-ring (bicyclic) bond motifs is 8. The molecule has 198 valence electrons. The lowest BCUT2D eigenvalue weighted by Gasteiger charge is -2.33. The second-order valence-electron chi connectivity index (χ2n) is 11.3.